The lowest BCUT2D eigenvalue weighted by Gasteiger charge is -2.47. The van der Waals surface area contributed by atoms with E-state index in [0.717, 1.165) is 32.6 Å². The number of rotatable bonds is 4. The van der Waals surface area contributed by atoms with Crippen molar-refractivity contribution >= 4 is 0 Å². The predicted octanol–water partition coefficient (Wildman–Crippen LogP) is 4.39. The van der Waals surface area contributed by atoms with Crippen molar-refractivity contribution in [2.75, 3.05) is 33.4 Å². The number of nitrogens with zero attached hydrogens (tertiary/aromatic N) is 2. The van der Waals surface area contributed by atoms with E-state index in [0.29, 0.717) is 12.1 Å². The fourth-order valence-corrected chi connectivity index (χ4v) is 6.19. The summed E-state index contributed by atoms with van der Waals surface area (Å²) in [7, 11) is 2.35. The number of benzene rings is 2. The molecule has 1 aliphatic carbocycles. The van der Waals surface area contributed by atoms with Gasteiger partial charge < -0.3 is 4.74 Å². The van der Waals surface area contributed by atoms with E-state index >= 15 is 0 Å². The Kier molecular flexibility index (Phi) is 5.00. The molecular weight excluding hydrogens is 344 g/mol. The molecular formula is C25H32N2O. The molecule has 2 atom stereocenters. The minimum absolute atomic E-state index is 0.214. The maximum absolute atomic E-state index is 5.85. The van der Waals surface area contributed by atoms with Gasteiger partial charge in [-0.25, -0.2) is 0 Å². The van der Waals surface area contributed by atoms with Gasteiger partial charge in [0.15, 0.2) is 0 Å². The van der Waals surface area contributed by atoms with Gasteiger partial charge in [0, 0.05) is 31.2 Å². The molecule has 5 rings (SSSR count). The Morgan fingerprint density at radius 3 is 2.39 bits per heavy atom. The zero-order chi connectivity index (χ0) is 19.0. The number of likely N-dealkylation sites (tertiary alicyclic amines) is 1. The number of hydrogen-bond donors (Lipinski definition) is 0. The Morgan fingerprint density at radius 2 is 1.64 bits per heavy atom. The number of fused-ring (bicyclic) bond motifs is 2. The van der Waals surface area contributed by atoms with Gasteiger partial charge in [0.05, 0.1) is 6.04 Å². The van der Waals surface area contributed by atoms with Gasteiger partial charge in [-0.3, -0.25) is 9.80 Å². The van der Waals surface area contributed by atoms with Crippen LogP contribution < -0.4 is 0 Å². The smallest absolute Gasteiger partial charge is 0.0515 e. The van der Waals surface area contributed by atoms with Crippen molar-refractivity contribution < 1.29 is 4.74 Å². The van der Waals surface area contributed by atoms with E-state index in [1.54, 1.807) is 11.1 Å². The lowest BCUT2D eigenvalue weighted by Crippen LogP contribution is -2.53. The first-order valence-electron chi connectivity index (χ1n) is 10.9. The fraction of sp³-hybridized carbons (Fsp3) is 0.520. The van der Waals surface area contributed by atoms with Crippen molar-refractivity contribution in [3.8, 4) is 0 Å². The summed E-state index contributed by atoms with van der Waals surface area (Å²) < 4.78 is 5.85. The van der Waals surface area contributed by atoms with Crippen molar-refractivity contribution in [1.29, 1.82) is 0 Å². The molecule has 2 saturated heterocycles. The highest BCUT2D eigenvalue weighted by Gasteiger charge is 2.55. The lowest BCUT2D eigenvalue weighted by atomic mass is 9.71. The van der Waals surface area contributed by atoms with Crippen LogP contribution in [0.1, 0.15) is 48.4 Å². The number of likely N-dealkylation sites (N-methyl/N-ethyl adjacent to an activating group) is 1. The molecule has 148 valence electrons. The highest BCUT2D eigenvalue weighted by molar-refractivity contribution is 5.46. The second-order valence-corrected chi connectivity index (χ2v) is 8.89. The molecule has 0 bridgehead atoms. The normalized spacial score (nSPS) is 26.8. The monoisotopic (exact) mass is 376 g/mol. The maximum atomic E-state index is 5.85. The van der Waals surface area contributed by atoms with E-state index in [1.807, 2.05) is 0 Å². The summed E-state index contributed by atoms with van der Waals surface area (Å²) in [5.74, 6) is 0. The molecule has 2 fully saturated rings. The highest BCUT2D eigenvalue weighted by atomic mass is 16.5. The third-order valence-corrected chi connectivity index (χ3v) is 7.35. The molecule has 3 heteroatoms. The third-order valence-electron chi connectivity index (χ3n) is 7.35. The van der Waals surface area contributed by atoms with Gasteiger partial charge >= 0.3 is 0 Å². The van der Waals surface area contributed by atoms with E-state index in [-0.39, 0.29) is 5.41 Å². The van der Waals surface area contributed by atoms with Crippen LogP contribution in [0.3, 0.4) is 0 Å². The number of hydrogen-bond acceptors (Lipinski definition) is 3. The molecule has 2 heterocycles. The molecule has 3 aliphatic rings. The van der Waals surface area contributed by atoms with Gasteiger partial charge in [-0.05, 0) is 62.5 Å². The molecule has 28 heavy (non-hydrogen) atoms. The van der Waals surface area contributed by atoms with Gasteiger partial charge in [-0.15, -0.1) is 0 Å². The first kappa shape index (κ1) is 18.4. The SMILES string of the molecule is CN(Cc1ccccc1)C1C(N2CCCC2)c2ccccc2C12CCOCC2. The Bertz CT molecular complexity index is 793. The van der Waals surface area contributed by atoms with Crippen LogP contribution in [0.25, 0.3) is 0 Å². The molecule has 0 amide bonds. The van der Waals surface area contributed by atoms with Crippen LogP contribution in [0.2, 0.25) is 0 Å². The molecule has 0 aromatic heterocycles. The zero-order valence-electron chi connectivity index (χ0n) is 17.0. The summed E-state index contributed by atoms with van der Waals surface area (Å²) in [5.41, 5.74) is 4.80. The van der Waals surface area contributed by atoms with Crippen molar-refractivity contribution in [3.05, 3.63) is 71.3 Å². The molecule has 0 radical (unpaired) electrons. The molecule has 3 nitrogen and oxygen atoms in total. The van der Waals surface area contributed by atoms with Crippen molar-refractivity contribution in [2.45, 2.75) is 49.7 Å². The van der Waals surface area contributed by atoms with Gasteiger partial charge in [0.25, 0.3) is 0 Å². The van der Waals surface area contributed by atoms with E-state index in [2.05, 4.69) is 71.4 Å². The van der Waals surface area contributed by atoms with Gasteiger partial charge in [-0.1, -0.05) is 54.6 Å². The molecule has 0 N–H and O–H groups in total. The third kappa shape index (κ3) is 3.01. The second-order valence-electron chi connectivity index (χ2n) is 8.89. The molecule has 2 unspecified atom stereocenters. The molecule has 2 aromatic rings. The fourth-order valence-electron chi connectivity index (χ4n) is 6.19. The second kappa shape index (κ2) is 7.62. The largest absolute Gasteiger partial charge is 0.381 e. The van der Waals surface area contributed by atoms with Crippen LogP contribution in [0.4, 0.5) is 0 Å². The van der Waals surface area contributed by atoms with E-state index < -0.39 is 0 Å². The first-order chi connectivity index (χ1) is 13.8. The molecule has 2 aromatic carbocycles. The van der Waals surface area contributed by atoms with E-state index in [9.17, 15) is 0 Å². The topological polar surface area (TPSA) is 15.7 Å². The first-order valence-corrected chi connectivity index (χ1v) is 10.9. The van der Waals surface area contributed by atoms with Crippen molar-refractivity contribution in [1.82, 2.24) is 9.80 Å². The Morgan fingerprint density at radius 1 is 0.964 bits per heavy atom. The van der Waals surface area contributed by atoms with Crippen LogP contribution in [0.5, 0.6) is 0 Å². The lowest BCUT2D eigenvalue weighted by molar-refractivity contribution is -0.00910. The zero-order valence-corrected chi connectivity index (χ0v) is 17.0. The molecule has 0 saturated carbocycles. The average Bonchev–Trinajstić information content (AvgIpc) is 3.35. The summed E-state index contributed by atoms with van der Waals surface area (Å²) in [5, 5.41) is 0. The molecule has 2 aliphatic heterocycles. The maximum Gasteiger partial charge on any atom is 0.0515 e. The van der Waals surface area contributed by atoms with Crippen molar-refractivity contribution in [3.63, 3.8) is 0 Å². The highest BCUT2D eigenvalue weighted by Crippen LogP contribution is 2.55. The standard InChI is InChI=1S/C25H32N2O/c1-26(19-20-9-3-2-4-10-20)24-23(27-15-7-8-16-27)21-11-5-6-12-22(21)25(24)13-17-28-18-14-25/h2-6,9-12,23-24H,7-8,13-19H2,1H3. The van der Waals surface area contributed by atoms with E-state index in [4.69, 9.17) is 4.74 Å². The van der Waals surface area contributed by atoms with Crippen LogP contribution in [0.15, 0.2) is 54.6 Å². The average molecular weight is 377 g/mol. The Hall–Kier alpha value is -1.68. The summed E-state index contributed by atoms with van der Waals surface area (Å²) in [6.07, 6.45) is 4.95. The van der Waals surface area contributed by atoms with Gasteiger partial charge in [0.1, 0.15) is 0 Å². The van der Waals surface area contributed by atoms with Crippen LogP contribution in [-0.2, 0) is 16.7 Å². The van der Waals surface area contributed by atoms with Crippen molar-refractivity contribution in [2.24, 2.45) is 0 Å². The van der Waals surface area contributed by atoms with Crippen LogP contribution >= 0.6 is 0 Å². The summed E-state index contributed by atoms with van der Waals surface area (Å²) >= 11 is 0. The van der Waals surface area contributed by atoms with Gasteiger partial charge in [-0.2, -0.15) is 0 Å². The van der Waals surface area contributed by atoms with Crippen LogP contribution in [0, 0.1) is 0 Å². The minimum Gasteiger partial charge on any atom is -0.381 e. The van der Waals surface area contributed by atoms with Crippen LogP contribution in [-0.4, -0.2) is 49.2 Å². The Labute approximate surface area is 169 Å². The van der Waals surface area contributed by atoms with Gasteiger partial charge in [0.2, 0.25) is 0 Å². The molecule has 1 spiro atoms. The number of ether oxygens (including phenoxy) is 1. The predicted molar refractivity (Wildman–Crippen MR) is 113 cm³/mol. The summed E-state index contributed by atoms with van der Waals surface area (Å²) in [6, 6.07) is 21.3. The quantitative estimate of drug-likeness (QED) is 0.787. The summed E-state index contributed by atoms with van der Waals surface area (Å²) in [4.78, 5) is 5.43. The minimum atomic E-state index is 0.214. The summed E-state index contributed by atoms with van der Waals surface area (Å²) in [6.45, 7) is 5.25. The Balaban J connectivity index is 1.57. The van der Waals surface area contributed by atoms with E-state index in [1.165, 1.54) is 31.5 Å².